The Labute approximate surface area is 377 Å². The van der Waals surface area contributed by atoms with Crippen LogP contribution in [-0.2, 0) is 0 Å². The van der Waals surface area contributed by atoms with Gasteiger partial charge < -0.3 is 18.3 Å². The summed E-state index contributed by atoms with van der Waals surface area (Å²) in [5.41, 5.74) is 11.0. The zero-order valence-corrected chi connectivity index (χ0v) is 35.3. The van der Waals surface area contributed by atoms with E-state index in [4.69, 9.17) is 0 Å². The molecule has 0 spiro atoms. The van der Waals surface area contributed by atoms with Crippen molar-refractivity contribution in [1.29, 1.82) is 10.5 Å². The minimum Gasteiger partial charge on any atom is -0.306 e. The molecule has 4 heterocycles. The van der Waals surface area contributed by atoms with Gasteiger partial charge in [-0.25, -0.2) is 0 Å². The second-order valence-corrected chi connectivity index (χ2v) is 17.0. The predicted octanol–water partition coefficient (Wildman–Crippen LogP) is 15.0. The van der Waals surface area contributed by atoms with Crippen LogP contribution in [0.1, 0.15) is 11.1 Å². The average molecular weight is 839 g/mol. The Hall–Kier alpha value is -9.36. The summed E-state index contributed by atoms with van der Waals surface area (Å²) in [5.74, 6) is 0. The van der Waals surface area contributed by atoms with E-state index in [1.165, 1.54) is 0 Å². The molecule has 0 radical (unpaired) electrons. The SMILES string of the molecule is N#Cc1c(-n2c3ccccc3c3ccccc32)c(C#N)c(-n2c3ccccc3c3ccc4ccccc4c32)c(-n2c3ccccc3c3ccccc32)c1-n1c2ccccc2c2ccccc21. The predicted molar refractivity (Wildman–Crippen MR) is 271 cm³/mol. The van der Waals surface area contributed by atoms with Gasteiger partial charge in [0.2, 0.25) is 0 Å². The van der Waals surface area contributed by atoms with Crippen LogP contribution in [0.5, 0.6) is 0 Å². The second kappa shape index (κ2) is 13.6. The lowest BCUT2D eigenvalue weighted by Gasteiger charge is -2.27. The number of rotatable bonds is 4. The largest absolute Gasteiger partial charge is 0.306 e. The third kappa shape index (κ3) is 4.66. The number of fused-ring (bicyclic) bond motifs is 14. The molecule has 0 fully saturated rings. The van der Waals surface area contributed by atoms with Crippen molar-refractivity contribution in [3.63, 3.8) is 0 Å². The summed E-state index contributed by atoms with van der Waals surface area (Å²) >= 11 is 0. The van der Waals surface area contributed by atoms with Gasteiger partial charge in [0.15, 0.2) is 0 Å². The van der Waals surface area contributed by atoms with E-state index in [1.807, 2.05) is 12.1 Å². The summed E-state index contributed by atoms with van der Waals surface area (Å²) in [5, 5.41) is 35.2. The van der Waals surface area contributed by atoms with E-state index < -0.39 is 0 Å². The first-order chi connectivity index (χ1) is 32.7. The van der Waals surface area contributed by atoms with Gasteiger partial charge in [-0.05, 0) is 47.9 Å². The van der Waals surface area contributed by atoms with Gasteiger partial charge in [-0.3, -0.25) is 0 Å². The zero-order chi connectivity index (χ0) is 43.6. The number of para-hydroxylation sites is 7. The molecule has 0 atom stereocenters. The standard InChI is InChI=1S/C60H34N6/c61-35-47-57(63-49-26-10-3-19-39(49)40-20-4-11-27-50(40)63)48(36-62)59(66-55-32-16-9-25-45(55)46-34-33-37-17-1-2-18-38(37)56(46)66)60(65-53-30-14-7-23-43(53)44-24-8-15-31-54(44)65)58(47)64-51-28-12-5-21-41(51)42-22-6-13-29-52(42)64/h1-34H. The van der Waals surface area contributed by atoms with Crippen molar-refractivity contribution in [3.05, 3.63) is 217 Å². The molecule has 0 amide bonds. The van der Waals surface area contributed by atoms with Crippen molar-refractivity contribution >= 4 is 98.0 Å². The molecule has 14 aromatic rings. The molecule has 0 aliphatic heterocycles. The highest BCUT2D eigenvalue weighted by atomic mass is 15.1. The van der Waals surface area contributed by atoms with Crippen molar-refractivity contribution < 1.29 is 0 Å². The summed E-state index contributed by atoms with van der Waals surface area (Å²) in [6, 6.07) is 77.7. The van der Waals surface area contributed by atoms with Crippen molar-refractivity contribution in [2.75, 3.05) is 0 Å². The third-order valence-electron chi connectivity index (χ3n) is 13.8. The maximum atomic E-state index is 12.3. The topological polar surface area (TPSA) is 67.3 Å². The average Bonchev–Trinajstić information content (AvgIpc) is 4.11. The highest BCUT2D eigenvalue weighted by Gasteiger charge is 2.34. The number of benzene rings is 10. The van der Waals surface area contributed by atoms with E-state index in [0.717, 1.165) is 104 Å². The summed E-state index contributed by atoms with van der Waals surface area (Å²) in [6.45, 7) is 0. The summed E-state index contributed by atoms with van der Waals surface area (Å²) in [7, 11) is 0. The lowest BCUT2D eigenvalue weighted by molar-refractivity contribution is 1.02. The summed E-state index contributed by atoms with van der Waals surface area (Å²) in [4.78, 5) is 0. The number of hydrogen-bond donors (Lipinski definition) is 0. The van der Waals surface area contributed by atoms with Gasteiger partial charge in [0.25, 0.3) is 0 Å². The van der Waals surface area contributed by atoms with Gasteiger partial charge in [0.05, 0.1) is 66.9 Å². The van der Waals surface area contributed by atoms with Crippen LogP contribution < -0.4 is 0 Å². The van der Waals surface area contributed by atoms with E-state index in [0.29, 0.717) is 28.2 Å². The Kier molecular flexibility index (Phi) is 7.43. The number of nitrogens with zero attached hydrogens (tertiary/aromatic N) is 6. The van der Waals surface area contributed by atoms with E-state index in [1.54, 1.807) is 0 Å². The second-order valence-electron chi connectivity index (χ2n) is 17.0. The molecule has 66 heavy (non-hydrogen) atoms. The Balaban J connectivity index is 1.36. The summed E-state index contributed by atoms with van der Waals surface area (Å²) in [6.07, 6.45) is 0. The molecular weight excluding hydrogens is 805 g/mol. The first-order valence-corrected chi connectivity index (χ1v) is 22.2. The highest BCUT2D eigenvalue weighted by molar-refractivity contribution is 6.20. The van der Waals surface area contributed by atoms with Crippen LogP contribution in [0.15, 0.2) is 206 Å². The molecule has 6 heteroatoms. The molecular formula is C60H34N6. The van der Waals surface area contributed by atoms with E-state index >= 15 is 0 Å². The lowest BCUT2D eigenvalue weighted by Crippen LogP contribution is -2.17. The summed E-state index contributed by atoms with van der Waals surface area (Å²) < 4.78 is 9.11. The van der Waals surface area contributed by atoms with E-state index in [2.05, 4.69) is 225 Å². The van der Waals surface area contributed by atoms with Gasteiger partial charge in [0.1, 0.15) is 23.3 Å². The molecule has 0 N–H and O–H groups in total. The van der Waals surface area contributed by atoms with Crippen molar-refractivity contribution in [3.8, 4) is 34.9 Å². The number of nitriles is 2. The third-order valence-corrected chi connectivity index (χ3v) is 13.8. The normalized spacial score (nSPS) is 11.9. The molecule has 0 aliphatic carbocycles. The first kappa shape index (κ1) is 36.2. The quantitative estimate of drug-likeness (QED) is 0.177. The number of aromatic nitrogens is 4. The Morgan fingerprint density at radius 1 is 0.242 bits per heavy atom. The maximum Gasteiger partial charge on any atom is 0.104 e. The lowest BCUT2D eigenvalue weighted by atomic mass is 9.98. The smallest absolute Gasteiger partial charge is 0.104 e. The molecule has 0 bridgehead atoms. The minimum absolute atomic E-state index is 0.384. The van der Waals surface area contributed by atoms with Crippen LogP contribution in [0.3, 0.4) is 0 Å². The molecule has 10 aromatic carbocycles. The Morgan fingerprint density at radius 2 is 0.530 bits per heavy atom. The monoisotopic (exact) mass is 838 g/mol. The molecule has 0 saturated heterocycles. The van der Waals surface area contributed by atoms with Crippen molar-refractivity contribution in [1.82, 2.24) is 18.3 Å². The molecule has 0 unspecified atom stereocenters. The van der Waals surface area contributed by atoms with Gasteiger partial charge in [0, 0.05) is 48.5 Å². The fraction of sp³-hybridized carbons (Fsp3) is 0. The molecule has 4 aromatic heterocycles. The van der Waals surface area contributed by atoms with Crippen LogP contribution in [0.2, 0.25) is 0 Å². The fourth-order valence-corrected chi connectivity index (χ4v) is 11.2. The van der Waals surface area contributed by atoms with Crippen LogP contribution in [0.25, 0.3) is 121 Å². The van der Waals surface area contributed by atoms with Crippen molar-refractivity contribution in [2.24, 2.45) is 0 Å². The van der Waals surface area contributed by atoms with Crippen LogP contribution in [-0.4, -0.2) is 18.3 Å². The highest BCUT2D eigenvalue weighted by Crippen LogP contribution is 2.49. The van der Waals surface area contributed by atoms with Crippen molar-refractivity contribution in [2.45, 2.75) is 0 Å². The molecule has 6 nitrogen and oxygen atoms in total. The first-order valence-electron chi connectivity index (χ1n) is 22.2. The molecule has 304 valence electrons. The van der Waals surface area contributed by atoms with Crippen LogP contribution in [0, 0.1) is 22.7 Å². The van der Waals surface area contributed by atoms with Gasteiger partial charge in [-0.1, -0.05) is 164 Å². The minimum atomic E-state index is 0.384. The fourth-order valence-electron chi connectivity index (χ4n) is 11.2. The van der Waals surface area contributed by atoms with Gasteiger partial charge >= 0.3 is 0 Å². The molecule has 14 rings (SSSR count). The van der Waals surface area contributed by atoms with Crippen LogP contribution >= 0.6 is 0 Å². The van der Waals surface area contributed by atoms with Gasteiger partial charge in [-0.15, -0.1) is 0 Å². The van der Waals surface area contributed by atoms with Gasteiger partial charge in [-0.2, -0.15) is 10.5 Å². The number of hydrogen-bond acceptors (Lipinski definition) is 2. The molecule has 0 saturated carbocycles. The Bertz CT molecular complexity index is 4340. The zero-order valence-electron chi connectivity index (χ0n) is 35.3. The molecule has 0 aliphatic rings. The van der Waals surface area contributed by atoms with E-state index in [-0.39, 0.29) is 0 Å². The van der Waals surface area contributed by atoms with E-state index in [9.17, 15) is 10.5 Å². The Morgan fingerprint density at radius 3 is 0.924 bits per heavy atom. The van der Waals surface area contributed by atoms with Crippen LogP contribution in [0.4, 0.5) is 0 Å². The maximum absolute atomic E-state index is 12.3.